The van der Waals surface area contributed by atoms with Crippen molar-refractivity contribution < 1.29 is 4.79 Å². The van der Waals surface area contributed by atoms with E-state index in [1.54, 1.807) is 6.20 Å². The zero-order chi connectivity index (χ0) is 19.2. The molecule has 0 spiro atoms. The van der Waals surface area contributed by atoms with Gasteiger partial charge in [0, 0.05) is 49.9 Å². The Balaban J connectivity index is 1.39. The van der Waals surface area contributed by atoms with Gasteiger partial charge in [-0.15, -0.1) is 0 Å². The minimum atomic E-state index is 0.234. The van der Waals surface area contributed by atoms with E-state index in [9.17, 15) is 4.79 Å². The average molecular weight is 374 g/mol. The molecule has 1 amide bonds. The molecule has 4 rings (SSSR count). The van der Waals surface area contributed by atoms with Crippen LogP contribution in [0, 0.1) is 0 Å². The molecular weight excluding hydrogens is 348 g/mol. The number of carbonyl (C=O) groups excluding carboxylic acids is 1. The third-order valence-electron chi connectivity index (χ3n) is 5.52. The van der Waals surface area contributed by atoms with Crippen LogP contribution in [-0.4, -0.2) is 39.1 Å². The third kappa shape index (κ3) is 4.47. The number of nitrogens with one attached hydrogen (secondary N) is 1. The van der Waals surface area contributed by atoms with Gasteiger partial charge in [0.2, 0.25) is 5.91 Å². The number of aromatic nitrogens is 3. The standard InChI is InChI=1S/C23H26N4O/c28-22(11-10-19-8-4-12-24-15-19)27-13-5-9-20(17-27)23-21(16-25-26-23)14-18-6-2-1-3-7-18/h1-4,6-8,12,15-16,20H,5,9-11,13-14,17H2,(H,25,26)/t20-/m0/s1. The highest BCUT2D eigenvalue weighted by atomic mass is 16.2. The van der Waals surface area contributed by atoms with E-state index in [0.29, 0.717) is 12.3 Å². The fourth-order valence-corrected chi connectivity index (χ4v) is 4.03. The van der Waals surface area contributed by atoms with Gasteiger partial charge in [0.1, 0.15) is 0 Å². The summed E-state index contributed by atoms with van der Waals surface area (Å²) in [4.78, 5) is 18.9. The molecule has 5 nitrogen and oxygen atoms in total. The van der Waals surface area contributed by atoms with Crippen LogP contribution in [0.2, 0.25) is 0 Å². The molecule has 0 radical (unpaired) electrons. The molecule has 2 aromatic heterocycles. The zero-order valence-electron chi connectivity index (χ0n) is 16.1. The van der Waals surface area contributed by atoms with Crippen molar-refractivity contribution in [1.82, 2.24) is 20.1 Å². The van der Waals surface area contributed by atoms with E-state index in [1.807, 2.05) is 35.5 Å². The summed E-state index contributed by atoms with van der Waals surface area (Å²) in [5, 5.41) is 7.52. The first-order valence-electron chi connectivity index (χ1n) is 10.0. The lowest BCUT2D eigenvalue weighted by molar-refractivity contribution is -0.132. The Morgan fingerprint density at radius 3 is 2.79 bits per heavy atom. The van der Waals surface area contributed by atoms with Crippen LogP contribution in [0.3, 0.4) is 0 Å². The number of amides is 1. The number of rotatable bonds is 6. The summed E-state index contributed by atoms with van der Waals surface area (Å²) < 4.78 is 0. The van der Waals surface area contributed by atoms with Crippen LogP contribution in [0.1, 0.15) is 47.6 Å². The maximum Gasteiger partial charge on any atom is 0.222 e. The summed E-state index contributed by atoms with van der Waals surface area (Å²) in [6.45, 7) is 1.63. The van der Waals surface area contributed by atoms with Gasteiger partial charge in [-0.2, -0.15) is 5.10 Å². The van der Waals surface area contributed by atoms with Crippen molar-refractivity contribution in [3.63, 3.8) is 0 Å². The van der Waals surface area contributed by atoms with Crippen molar-refractivity contribution in [1.29, 1.82) is 0 Å². The molecule has 28 heavy (non-hydrogen) atoms. The zero-order valence-corrected chi connectivity index (χ0v) is 16.1. The maximum atomic E-state index is 12.7. The largest absolute Gasteiger partial charge is 0.342 e. The number of aryl methyl sites for hydroxylation is 1. The molecule has 1 aliphatic rings. The highest BCUT2D eigenvalue weighted by Crippen LogP contribution is 2.29. The molecule has 0 bridgehead atoms. The van der Waals surface area contributed by atoms with E-state index < -0.39 is 0 Å². The first-order valence-corrected chi connectivity index (χ1v) is 10.0. The number of pyridine rings is 1. The van der Waals surface area contributed by atoms with Crippen molar-refractivity contribution in [2.24, 2.45) is 0 Å². The van der Waals surface area contributed by atoms with Crippen LogP contribution in [0.4, 0.5) is 0 Å². The molecule has 1 fully saturated rings. The van der Waals surface area contributed by atoms with Gasteiger partial charge in [-0.25, -0.2) is 0 Å². The van der Waals surface area contributed by atoms with E-state index in [1.165, 1.54) is 16.8 Å². The smallest absolute Gasteiger partial charge is 0.222 e. The first-order chi connectivity index (χ1) is 13.8. The van der Waals surface area contributed by atoms with Gasteiger partial charge in [0.15, 0.2) is 0 Å². The van der Waals surface area contributed by atoms with Crippen LogP contribution in [0.25, 0.3) is 0 Å². The number of piperidine rings is 1. The van der Waals surface area contributed by atoms with E-state index in [-0.39, 0.29) is 5.91 Å². The fourth-order valence-electron chi connectivity index (χ4n) is 4.03. The molecule has 0 unspecified atom stereocenters. The van der Waals surface area contributed by atoms with E-state index in [0.717, 1.165) is 44.3 Å². The summed E-state index contributed by atoms with van der Waals surface area (Å²) in [5.41, 5.74) is 4.82. The minimum absolute atomic E-state index is 0.234. The lowest BCUT2D eigenvalue weighted by Gasteiger charge is -2.33. The van der Waals surface area contributed by atoms with Gasteiger partial charge in [0.25, 0.3) is 0 Å². The number of hydrogen-bond acceptors (Lipinski definition) is 3. The Bertz CT molecular complexity index is 891. The van der Waals surface area contributed by atoms with Crippen LogP contribution in [-0.2, 0) is 17.6 Å². The Morgan fingerprint density at radius 1 is 1.11 bits per heavy atom. The number of H-pyrrole nitrogens is 1. The van der Waals surface area contributed by atoms with Gasteiger partial charge < -0.3 is 4.90 Å². The molecule has 1 aliphatic heterocycles. The monoisotopic (exact) mass is 374 g/mol. The summed E-state index contributed by atoms with van der Waals surface area (Å²) in [6, 6.07) is 14.4. The molecular formula is C23H26N4O. The average Bonchev–Trinajstić information content (AvgIpc) is 3.22. The molecule has 0 aliphatic carbocycles. The van der Waals surface area contributed by atoms with Gasteiger partial charge >= 0.3 is 0 Å². The van der Waals surface area contributed by atoms with Gasteiger partial charge in [-0.05, 0) is 42.0 Å². The van der Waals surface area contributed by atoms with E-state index >= 15 is 0 Å². The molecule has 144 valence electrons. The first kappa shape index (κ1) is 18.4. The number of benzene rings is 1. The molecule has 3 heterocycles. The highest BCUT2D eigenvalue weighted by Gasteiger charge is 2.27. The summed E-state index contributed by atoms with van der Waals surface area (Å²) in [7, 11) is 0. The van der Waals surface area contributed by atoms with Crippen molar-refractivity contribution in [3.8, 4) is 0 Å². The second kappa shape index (κ2) is 8.83. The highest BCUT2D eigenvalue weighted by molar-refractivity contribution is 5.76. The maximum absolute atomic E-state index is 12.7. The summed E-state index contributed by atoms with van der Waals surface area (Å²) in [5.74, 6) is 0.565. The normalized spacial score (nSPS) is 16.9. The number of aromatic amines is 1. The van der Waals surface area contributed by atoms with E-state index in [4.69, 9.17) is 0 Å². The Morgan fingerprint density at radius 2 is 1.96 bits per heavy atom. The molecule has 3 aromatic rings. The molecule has 1 N–H and O–H groups in total. The summed E-state index contributed by atoms with van der Waals surface area (Å²) >= 11 is 0. The second-order valence-electron chi connectivity index (χ2n) is 7.51. The predicted molar refractivity (Wildman–Crippen MR) is 109 cm³/mol. The molecule has 5 heteroatoms. The van der Waals surface area contributed by atoms with Crippen molar-refractivity contribution in [3.05, 3.63) is 83.4 Å². The fraction of sp³-hybridized carbons (Fsp3) is 0.348. The molecule has 1 saturated heterocycles. The lowest BCUT2D eigenvalue weighted by Crippen LogP contribution is -2.39. The van der Waals surface area contributed by atoms with Gasteiger partial charge in [-0.3, -0.25) is 14.9 Å². The number of nitrogens with zero attached hydrogens (tertiary/aromatic N) is 3. The molecule has 0 saturated carbocycles. The van der Waals surface area contributed by atoms with Gasteiger partial charge in [-0.1, -0.05) is 36.4 Å². The Hall–Kier alpha value is -2.95. The van der Waals surface area contributed by atoms with Crippen LogP contribution in [0.5, 0.6) is 0 Å². The Kier molecular flexibility index (Phi) is 5.80. The number of likely N-dealkylation sites (tertiary alicyclic amines) is 1. The third-order valence-corrected chi connectivity index (χ3v) is 5.52. The number of hydrogen-bond donors (Lipinski definition) is 1. The van der Waals surface area contributed by atoms with Crippen LogP contribution in [0.15, 0.2) is 61.1 Å². The Labute approximate surface area is 165 Å². The SMILES string of the molecule is O=C(CCc1cccnc1)N1CCC[C@H](c2[nH]ncc2Cc2ccccc2)C1. The van der Waals surface area contributed by atoms with Crippen molar-refractivity contribution >= 4 is 5.91 Å². The van der Waals surface area contributed by atoms with Crippen molar-refractivity contribution in [2.75, 3.05) is 13.1 Å². The number of carbonyl (C=O) groups is 1. The molecule has 1 atom stereocenters. The minimum Gasteiger partial charge on any atom is -0.342 e. The topological polar surface area (TPSA) is 61.9 Å². The van der Waals surface area contributed by atoms with Crippen molar-refractivity contribution in [2.45, 2.75) is 38.0 Å². The predicted octanol–water partition coefficient (Wildman–Crippen LogP) is 3.73. The van der Waals surface area contributed by atoms with E-state index in [2.05, 4.69) is 39.4 Å². The summed E-state index contributed by atoms with van der Waals surface area (Å²) in [6.07, 6.45) is 9.83. The van der Waals surface area contributed by atoms with Crippen LogP contribution < -0.4 is 0 Å². The second-order valence-corrected chi connectivity index (χ2v) is 7.51. The van der Waals surface area contributed by atoms with Gasteiger partial charge in [0.05, 0.1) is 6.20 Å². The lowest BCUT2D eigenvalue weighted by atomic mass is 9.90. The molecule has 1 aromatic carbocycles. The quantitative estimate of drug-likeness (QED) is 0.715. The van der Waals surface area contributed by atoms with Crippen LogP contribution >= 0.6 is 0 Å².